The van der Waals surface area contributed by atoms with E-state index in [4.69, 9.17) is 4.74 Å². The summed E-state index contributed by atoms with van der Waals surface area (Å²) in [5.41, 5.74) is 3.15. The van der Waals surface area contributed by atoms with Gasteiger partial charge in [0, 0.05) is 18.4 Å². The molecule has 170 valence electrons. The molecule has 0 fully saturated rings. The quantitative estimate of drug-likeness (QED) is 0.579. The molecule has 0 unspecified atom stereocenters. The number of aliphatic carboxylic acids is 1. The highest BCUT2D eigenvalue weighted by molar-refractivity contribution is 5.86. The van der Waals surface area contributed by atoms with Crippen molar-refractivity contribution in [3.05, 3.63) is 59.7 Å². The van der Waals surface area contributed by atoms with E-state index in [-0.39, 0.29) is 24.9 Å². The molecule has 2 amide bonds. The molecule has 0 saturated heterocycles. The van der Waals surface area contributed by atoms with Crippen LogP contribution in [0.2, 0.25) is 0 Å². The Morgan fingerprint density at radius 1 is 1.00 bits per heavy atom. The van der Waals surface area contributed by atoms with Gasteiger partial charge in [-0.2, -0.15) is 0 Å². The molecular formula is C25H30N2O5. The van der Waals surface area contributed by atoms with Gasteiger partial charge in [0.25, 0.3) is 0 Å². The third-order valence-electron chi connectivity index (χ3n) is 5.84. The monoisotopic (exact) mass is 438 g/mol. The van der Waals surface area contributed by atoms with Crippen LogP contribution in [-0.2, 0) is 14.3 Å². The number of rotatable bonds is 8. The van der Waals surface area contributed by atoms with E-state index in [0.29, 0.717) is 0 Å². The van der Waals surface area contributed by atoms with Crippen LogP contribution >= 0.6 is 0 Å². The molecule has 7 heteroatoms. The molecule has 1 aliphatic rings. The van der Waals surface area contributed by atoms with Gasteiger partial charge in [0.2, 0.25) is 5.91 Å². The van der Waals surface area contributed by atoms with Gasteiger partial charge in [-0.15, -0.1) is 0 Å². The lowest BCUT2D eigenvalue weighted by Gasteiger charge is -2.25. The van der Waals surface area contributed by atoms with E-state index in [1.807, 2.05) is 50.2 Å². The SMILES string of the molecule is CC(C)[C@H](CC(=O)NC(C)(C)C(=O)O)NC(=O)OCC1c2ccccc2-c2ccccc21. The minimum Gasteiger partial charge on any atom is -0.480 e. The van der Waals surface area contributed by atoms with Crippen LogP contribution in [-0.4, -0.2) is 41.3 Å². The van der Waals surface area contributed by atoms with E-state index in [1.165, 1.54) is 13.8 Å². The van der Waals surface area contributed by atoms with Crippen molar-refractivity contribution in [3.63, 3.8) is 0 Å². The number of hydrogen-bond donors (Lipinski definition) is 3. The lowest BCUT2D eigenvalue weighted by atomic mass is 9.98. The number of carbonyl (C=O) groups is 3. The number of benzene rings is 2. The van der Waals surface area contributed by atoms with Crippen molar-refractivity contribution < 1.29 is 24.2 Å². The largest absolute Gasteiger partial charge is 0.480 e. The van der Waals surface area contributed by atoms with E-state index < -0.39 is 29.6 Å². The van der Waals surface area contributed by atoms with E-state index in [1.54, 1.807) is 0 Å². The normalized spacial score (nSPS) is 13.8. The molecule has 1 atom stereocenters. The first-order valence-electron chi connectivity index (χ1n) is 10.8. The second-order valence-corrected chi connectivity index (χ2v) is 9.00. The number of alkyl carbamates (subject to hydrolysis) is 1. The summed E-state index contributed by atoms with van der Waals surface area (Å²) in [4.78, 5) is 36.1. The van der Waals surface area contributed by atoms with Crippen LogP contribution in [0.4, 0.5) is 4.79 Å². The minimum atomic E-state index is -1.39. The molecule has 0 saturated carbocycles. The molecule has 1 aliphatic carbocycles. The van der Waals surface area contributed by atoms with E-state index in [0.717, 1.165) is 22.3 Å². The lowest BCUT2D eigenvalue weighted by Crippen LogP contribution is -2.52. The Morgan fingerprint density at radius 2 is 1.53 bits per heavy atom. The van der Waals surface area contributed by atoms with Crippen molar-refractivity contribution in [3.8, 4) is 11.1 Å². The summed E-state index contributed by atoms with van der Waals surface area (Å²) in [5.74, 6) is -1.68. The number of fused-ring (bicyclic) bond motifs is 3. The van der Waals surface area contributed by atoms with Gasteiger partial charge in [-0.1, -0.05) is 62.4 Å². The molecule has 3 N–H and O–H groups in total. The second-order valence-electron chi connectivity index (χ2n) is 9.00. The number of carboxylic acid groups (broad SMARTS) is 1. The van der Waals surface area contributed by atoms with Crippen LogP contribution < -0.4 is 10.6 Å². The highest BCUT2D eigenvalue weighted by Gasteiger charge is 2.32. The van der Waals surface area contributed by atoms with Crippen LogP contribution in [0.25, 0.3) is 11.1 Å². The summed E-state index contributed by atoms with van der Waals surface area (Å²) in [6, 6.07) is 15.7. The second kappa shape index (κ2) is 9.42. The van der Waals surface area contributed by atoms with E-state index in [2.05, 4.69) is 22.8 Å². The zero-order valence-electron chi connectivity index (χ0n) is 18.8. The van der Waals surface area contributed by atoms with Crippen molar-refractivity contribution in [1.29, 1.82) is 0 Å². The third kappa shape index (κ3) is 5.10. The van der Waals surface area contributed by atoms with E-state index in [9.17, 15) is 19.5 Å². The summed E-state index contributed by atoms with van der Waals surface area (Å²) in [6.07, 6.45) is -0.644. The Kier molecular flexibility index (Phi) is 6.87. The fourth-order valence-corrected chi connectivity index (χ4v) is 3.90. The van der Waals surface area contributed by atoms with Gasteiger partial charge < -0.3 is 20.5 Å². The summed E-state index contributed by atoms with van der Waals surface area (Å²) >= 11 is 0. The maximum Gasteiger partial charge on any atom is 0.407 e. The Balaban J connectivity index is 1.62. The fourth-order valence-electron chi connectivity index (χ4n) is 3.90. The molecule has 0 radical (unpaired) electrons. The molecule has 0 aliphatic heterocycles. The van der Waals surface area contributed by atoms with Crippen LogP contribution in [0.5, 0.6) is 0 Å². The van der Waals surface area contributed by atoms with Crippen molar-refractivity contribution >= 4 is 18.0 Å². The summed E-state index contributed by atoms with van der Waals surface area (Å²) in [5, 5.41) is 14.4. The maximum atomic E-state index is 12.6. The van der Waals surface area contributed by atoms with E-state index >= 15 is 0 Å². The summed E-state index contributed by atoms with van der Waals surface area (Å²) in [7, 11) is 0. The molecule has 2 aromatic rings. The standard InChI is InChI=1S/C25H30N2O5/c1-15(2)21(13-22(28)27-25(3,4)23(29)30)26-24(31)32-14-20-18-11-7-5-9-16(18)17-10-6-8-12-19(17)20/h5-12,15,20-21H,13-14H2,1-4H3,(H,26,31)(H,27,28)(H,29,30)/t21-/m0/s1. The maximum absolute atomic E-state index is 12.6. The smallest absolute Gasteiger partial charge is 0.407 e. The van der Waals surface area contributed by atoms with Gasteiger partial charge >= 0.3 is 12.1 Å². The van der Waals surface area contributed by atoms with Crippen LogP contribution in [0.15, 0.2) is 48.5 Å². The predicted octanol–water partition coefficient (Wildman–Crippen LogP) is 3.92. The molecular weight excluding hydrogens is 408 g/mol. The van der Waals surface area contributed by atoms with Crippen LogP contribution in [0.3, 0.4) is 0 Å². The zero-order valence-corrected chi connectivity index (χ0v) is 18.8. The Hall–Kier alpha value is -3.35. The number of hydrogen-bond acceptors (Lipinski definition) is 4. The van der Waals surface area contributed by atoms with Crippen molar-refractivity contribution in [2.75, 3.05) is 6.61 Å². The van der Waals surface area contributed by atoms with Gasteiger partial charge in [-0.3, -0.25) is 4.79 Å². The fraction of sp³-hybridized carbons (Fsp3) is 0.400. The Bertz CT molecular complexity index is 969. The Labute approximate surface area is 188 Å². The van der Waals surface area contributed by atoms with Crippen LogP contribution in [0, 0.1) is 5.92 Å². The minimum absolute atomic E-state index is 0.0431. The average molecular weight is 439 g/mol. The molecule has 0 aromatic heterocycles. The third-order valence-corrected chi connectivity index (χ3v) is 5.84. The molecule has 0 spiro atoms. The highest BCUT2D eigenvalue weighted by atomic mass is 16.5. The van der Waals surface area contributed by atoms with Crippen LogP contribution in [0.1, 0.15) is 51.2 Å². The van der Waals surface area contributed by atoms with Gasteiger partial charge in [0.1, 0.15) is 12.1 Å². The average Bonchev–Trinajstić information content (AvgIpc) is 3.05. The first-order chi connectivity index (χ1) is 15.1. The van der Waals surface area contributed by atoms with Crippen molar-refractivity contribution in [2.24, 2.45) is 5.92 Å². The zero-order chi connectivity index (χ0) is 23.5. The highest BCUT2D eigenvalue weighted by Crippen LogP contribution is 2.44. The first-order valence-corrected chi connectivity index (χ1v) is 10.8. The molecule has 3 rings (SSSR count). The van der Waals surface area contributed by atoms with Crippen molar-refractivity contribution in [1.82, 2.24) is 10.6 Å². The first kappa shape index (κ1) is 23.3. The number of ether oxygens (including phenoxy) is 1. The van der Waals surface area contributed by atoms with Gasteiger partial charge in [0.15, 0.2) is 0 Å². The molecule has 7 nitrogen and oxygen atoms in total. The molecule has 0 heterocycles. The number of amides is 2. The topological polar surface area (TPSA) is 105 Å². The van der Waals surface area contributed by atoms with Gasteiger partial charge in [0.05, 0.1) is 0 Å². The molecule has 32 heavy (non-hydrogen) atoms. The summed E-state index contributed by atoms with van der Waals surface area (Å²) < 4.78 is 5.57. The summed E-state index contributed by atoms with van der Waals surface area (Å²) in [6.45, 7) is 6.77. The van der Waals surface area contributed by atoms with Gasteiger partial charge in [-0.25, -0.2) is 9.59 Å². The molecule has 0 bridgehead atoms. The molecule has 2 aromatic carbocycles. The lowest BCUT2D eigenvalue weighted by molar-refractivity contribution is -0.146. The number of carboxylic acids is 1. The Morgan fingerprint density at radius 3 is 2.03 bits per heavy atom. The predicted molar refractivity (Wildman–Crippen MR) is 121 cm³/mol. The van der Waals surface area contributed by atoms with Crippen molar-refractivity contribution in [2.45, 2.75) is 51.6 Å². The number of carbonyl (C=O) groups excluding carboxylic acids is 2. The van der Waals surface area contributed by atoms with Gasteiger partial charge in [-0.05, 0) is 42.0 Å². The number of nitrogens with one attached hydrogen (secondary N) is 2.